The first-order valence-electron chi connectivity index (χ1n) is 11.4. The number of nitrogen functional groups attached to an aromatic ring is 1. The van der Waals surface area contributed by atoms with Crippen molar-refractivity contribution in [2.75, 3.05) is 17.2 Å². The summed E-state index contributed by atoms with van der Waals surface area (Å²) in [5.74, 6) is 2.29. The lowest BCUT2D eigenvalue weighted by Crippen LogP contribution is -2.32. The minimum absolute atomic E-state index is 0.330. The maximum atomic E-state index is 6.38. The van der Waals surface area contributed by atoms with E-state index >= 15 is 0 Å². The lowest BCUT2D eigenvalue weighted by molar-refractivity contribution is 0.306. The number of fused-ring (bicyclic) bond motifs is 2. The standard InChI is InChI=1S/C28H28N4O/c1-19(2)32-14-6-9-25(26-27(29)30-18-31-28(26)32)23-11-10-22-16-24(13-12-21(22)15-23)33-17-20-7-4-3-5-8-20/h3-5,7-13,15-16,18-19H,6,14,17H2,1-2H3,(H2,29,30,31). The van der Waals surface area contributed by atoms with Crippen molar-refractivity contribution in [1.82, 2.24) is 9.97 Å². The highest BCUT2D eigenvalue weighted by Gasteiger charge is 2.24. The summed E-state index contributed by atoms with van der Waals surface area (Å²) in [5, 5.41) is 2.29. The van der Waals surface area contributed by atoms with Gasteiger partial charge in [0.1, 0.15) is 30.3 Å². The third-order valence-corrected chi connectivity index (χ3v) is 6.11. The maximum absolute atomic E-state index is 6.38. The van der Waals surface area contributed by atoms with E-state index in [9.17, 15) is 0 Å². The van der Waals surface area contributed by atoms with E-state index in [-0.39, 0.29) is 0 Å². The van der Waals surface area contributed by atoms with Gasteiger partial charge >= 0.3 is 0 Å². The Bertz CT molecular complexity index is 1310. The molecule has 5 heteroatoms. The molecule has 1 aliphatic heterocycles. The molecule has 3 aromatic carbocycles. The highest BCUT2D eigenvalue weighted by Crippen LogP contribution is 2.38. The monoisotopic (exact) mass is 436 g/mol. The second kappa shape index (κ2) is 8.94. The van der Waals surface area contributed by atoms with E-state index in [1.807, 2.05) is 24.3 Å². The molecule has 2 heterocycles. The second-order valence-electron chi connectivity index (χ2n) is 8.65. The number of rotatable bonds is 5. The molecule has 1 aromatic heterocycles. The van der Waals surface area contributed by atoms with E-state index in [4.69, 9.17) is 10.5 Å². The van der Waals surface area contributed by atoms with Gasteiger partial charge in [0.15, 0.2) is 0 Å². The Morgan fingerprint density at radius 1 is 0.970 bits per heavy atom. The zero-order valence-corrected chi connectivity index (χ0v) is 19.0. The molecule has 0 unspecified atom stereocenters. The van der Waals surface area contributed by atoms with Crippen LogP contribution in [0.3, 0.4) is 0 Å². The summed E-state index contributed by atoms with van der Waals surface area (Å²) in [5.41, 5.74) is 10.7. The molecule has 33 heavy (non-hydrogen) atoms. The van der Waals surface area contributed by atoms with Crippen LogP contribution >= 0.6 is 0 Å². The zero-order chi connectivity index (χ0) is 22.8. The number of hydrogen-bond donors (Lipinski definition) is 1. The number of nitrogens with zero attached hydrogens (tertiary/aromatic N) is 3. The summed E-state index contributed by atoms with van der Waals surface area (Å²) >= 11 is 0. The summed E-state index contributed by atoms with van der Waals surface area (Å²) in [7, 11) is 0. The normalized spacial score (nSPS) is 13.5. The largest absolute Gasteiger partial charge is 0.489 e. The Balaban J connectivity index is 1.47. The molecule has 0 fully saturated rings. The van der Waals surface area contributed by atoms with E-state index in [0.29, 0.717) is 18.5 Å². The quantitative estimate of drug-likeness (QED) is 0.426. The molecule has 0 saturated heterocycles. The Morgan fingerprint density at radius 3 is 2.58 bits per heavy atom. The van der Waals surface area contributed by atoms with Crippen molar-refractivity contribution in [2.45, 2.75) is 32.9 Å². The van der Waals surface area contributed by atoms with Crippen LogP contribution < -0.4 is 15.4 Å². The number of hydrogen-bond acceptors (Lipinski definition) is 5. The van der Waals surface area contributed by atoms with Gasteiger partial charge < -0.3 is 15.4 Å². The summed E-state index contributed by atoms with van der Waals surface area (Å²) in [6.45, 7) is 5.82. The van der Waals surface area contributed by atoms with Gasteiger partial charge in [-0.3, -0.25) is 0 Å². The van der Waals surface area contributed by atoms with Gasteiger partial charge in [-0.2, -0.15) is 0 Å². The third kappa shape index (κ3) is 4.27. The van der Waals surface area contributed by atoms with E-state index in [1.54, 1.807) is 6.33 Å². The lowest BCUT2D eigenvalue weighted by atomic mass is 9.95. The first-order chi connectivity index (χ1) is 16.1. The van der Waals surface area contributed by atoms with Crippen molar-refractivity contribution in [3.05, 3.63) is 95.8 Å². The van der Waals surface area contributed by atoms with Gasteiger partial charge in [-0.1, -0.05) is 54.6 Å². The summed E-state index contributed by atoms with van der Waals surface area (Å²) in [4.78, 5) is 11.2. The minimum Gasteiger partial charge on any atom is -0.489 e. The highest BCUT2D eigenvalue weighted by molar-refractivity contribution is 5.94. The molecule has 0 atom stereocenters. The summed E-state index contributed by atoms with van der Waals surface area (Å²) in [6, 6.07) is 23.3. The highest BCUT2D eigenvalue weighted by atomic mass is 16.5. The number of nitrogens with two attached hydrogens (primary N) is 1. The van der Waals surface area contributed by atoms with Crippen LogP contribution in [-0.4, -0.2) is 22.6 Å². The molecule has 0 saturated carbocycles. The first kappa shape index (κ1) is 21.0. The van der Waals surface area contributed by atoms with Gasteiger partial charge in [-0.15, -0.1) is 0 Å². The predicted molar refractivity (Wildman–Crippen MR) is 135 cm³/mol. The van der Waals surface area contributed by atoms with Crippen molar-refractivity contribution >= 4 is 28.0 Å². The molecular weight excluding hydrogens is 408 g/mol. The zero-order valence-electron chi connectivity index (χ0n) is 19.0. The topological polar surface area (TPSA) is 64.3 Å². The average molecular weight is 437 g/mol. The van der Waals surface area contributed by atoms with Gasteiger partial charge in [0, 0.05) is 12.6 Å². The Kier molecular flexibility index (Phi) is 5.69. The van der Waals surface area contributed by atoms with Crippen LogP contribution in [0, 0.1) is 0 Å². The van der Waals surface area contributed by atoms with Crippen molar-refractivity contribution in [1.29, 1.82) is 0 Å². The van der Waals surface area contributed by atoms with Crippen LogP contribution in [-0.2, 0) is 6.61 Å². The Labute approximate surface area is 194 Å². The van der Waals surface area contributed by atoms with Crippen LogP contribution in [0.5, 0.6) is 5.75 Å². The van der Waals surface area contributed by atoms with E-state index in [2.05, 4.69) is 77.3 Å². The molecule has 0 amide bonds. The first-order valence-corrected chi connectivity index (χ1v) is 11.4. The maximum Gasteiger partial charge on any atom is 0.142 e. The summed E-state index contributed by atoms with van der Waals surface area (Å²) in [6.07, 6.45) is 4.75. The van der Waals surface area contributed by atoms with Crippen LogP contribution in [0.25, 0.3) is 16.3 Å². The fraction of sp³-hybridized carbons (Fsp3) is 0.214. The third-order valence-electron chi connectivity index (χ3n) is 6.11. The van der Waals surface area contributed by atoms with Crippen LogP contribution in [0.2, 0.25) is 0 Å². The van der Waals surface area contributed by atoms with Gasteiger partial charge in [-0.05, 0) is 65.9 Å². The Morgan fingerprint density at radius 2 is 1.76 bits per heavy atom. The van der Waals surface area contributed by atoms with E-state index in [1.165, 1.54) is 0 Å². The van der Waals surface area contributed by atoms with E-state index in [0.717, 1.165) is 57.6 Å². The number of anilines is 2. The fourth-order valence-corrected chi connectivity index (χ4v) is 4.41. The molecule has 1 aliphatic rings. The number of aromatic nitrogens is 2. The number of ether oxygens (including phenoxy) is 1. The van der Waals surface area contributed by atoms with Gasteiger partial charge in [0.2, 0.25) is 0 Å². The van der Waals surface area contributed by atoms with Crippen LogP contribution in [0.4, 0.5) is 11.6 Å². The SMILES string of the molecule is CC(C)N1CCC=C(c2ccc3cc(OCc4ccccc4)ccc3c2)c2c(N)ncnc21. The van der Waals surface area contributed by atoms with Gasteiger partial charge in [-0.25, -0.2) is 9.97 Å². The van der Waals surface area contributed by atoms with Crippen LogP contribution in [0.15, 0.2) is 79.1 Å². The fourth-order valence-electron chi connectivity index (χ4n) is 4.41. The molecular formula is C28H28N4O. The lowest BCUT2D eigenvalue weighted by Gasteiger charge is -2.28. The molecule has 0 bridgehead atoms. The van der Waals surface area contributed by atoms with Gasteiger partial charge in [0.05, 0.1) is 5.56 Å². The van der Waals surface area contributed by atoms with Crippen molar-refractivity contribution in [2.24, 2.45) is 0 Å². The molecule has 0 spiro atoms. The van der Waals surface area contributed by atoms with Crippen molar-refractivity contribution in [3.8, 4) is 5.75 Å². The van der Waals surface area contributed by atoms with E-state index < -0.39 is 0 Å². The molecule has 0 aliphatic carbocycles. The molecule has 0 radical (unpaired) electrons. The average Bonchev–Trinajstić information content (AvgIpc) is 3.04. The van der Waals surface area contributed by atoms with Crippen molar-refractivity contribution < 1.29 is 4.74 Å². The van der Waals surface area contributed by atoms with Crippen molar-refractivity contribution in [3.63, 3.8) is 0 Å². The predicted octanol–water partition coefficient (Wildman–Crippen LogP) is 5.84. The smallest absolute Gasteiger partial charge is 0.142 e. The Hall–Kier alpha value is -3.86. The minimum atomic E-state index is 0.330. The second-order valence-corrected chi connectivity index (χ2v) is 8.65. The number of benzene rings is 3. The van der Waals surface area contributed by atoms with Crippen LogP contribution in [0.1, 0.15) is 37.0 Å². The molecule has 166 valence electrons. The molecule has 2 N–H and O–H groups in total. The molecule has 5 nitrogen and oxygen atoms in total. The molecule has 5 rings (SSSR count). The molecule has 4 aromatic rings. The van der Waals surface area contributed by atoms with Gasteiger partial charge in [0.25, 0.3) is 0 Å². The summed E-state index contributed by atoms with van der Waals surface area (Å²) < 4.78 is 6.01.